The highest BCUT2D eigenvalue weighted by Crippen LogP contribution is 2.17. The van der Waals surface area contributed by atoms with Gasteiger partial charge in [-0.15, -0.1) is 0 Å². The standard InChI is InChI=1S/C9H13NOS.2C2H6/c1-5-7-8(12-6-2)9(11)10(3)4;2*1-2/h5-7H,1-2H2,3-4H3;2*1-2H3/b8-7-;;. The summed E-state index contributed by atoms with van der Waals surface area (Å²) in [6.45, 7) is 15.1. The van der Waals surface area contributed by atoms with E-state index >= 15 is 0 Å². The van der Waals surface area contributed by atoms with Crippen LogP contribution in [-0.4, -0.2) is 24.9 Å². The number of rotatable bonds is 4. The number of thioether (sulfide) groups is 1. The number of carbonyl (C=O) groups excluding carboxylic acids is 1. The van der Waals surface area contributed by atoms with Crippen molar-refractivity contribution < 1.29 is 4.79 Å². The second kappa shape index (κ2) is 16.5. The van der Waals surface area contributed by atoms with Gasteiger partial charge in [-0.05, 0) is 11.5 Å². The fraction of sp³-hybridized carbons (Fsp3) is 0.462. The Morgan fingerprint density at radius 3 is 1.81 bits per heavy atom. The molecule has 0 aromatic carbocycles. The van der Waals surface area contributed by atoms with E-state index in [0.29, 0.717) is 4.91 Å². The Hall–Kier alpha value is -0.960. The molecule has 0 N–H and O–H groups in total. The van der Waals surface area contributed by atoms with Gasteiger partial charge in [0.15, 0.2) is 0 Å². The van der Waals surface area contributed by atoms with Crippen molar-refractivity contribution in [2.45, 2.75) is 27.7 Å². The van der Waals surface area contributed by atoms with Crippen LogP contribution in [0.1, 0.15) is 27.7 Å². The Balaban J connectivity index is -0.000000376. The van der Waals surface area contributed by atoms with Crippen LogP contribution in [0, 0.1) is 0 Å². The number of nitrogens with zero attached hydrogens (tertiary/aromatic N) is 1. The quantitative estimate of drug-likeness (QED) is 0.548. The largest absolute Gasteiger partial charge is 0.344 e. The molecule has 0 saturated carbocycles. The molecule has 0 fully saturated rings. The summed E-state index contributed by atoms with van der Waals surface area (Å²) in [5, 5.41) is 1.62. The van der Waals surface area contributed by atoms with Gasteiger partial charge in [-0.1, -0.05) is 58.7 Å². The van der Waals surface area contributed by atoms with Gasteiger partial charge in [0.05, 0.1) is 4.91 Å². The SMILES string of the molecule is C=C/C=C(\SC=C)C(=O)N(C)C.CC.CC. The van der Waals surface area contributed by atoms with E-state index in [-0.39, 0.29) is 5.91 Å². The summed E-state index contributed by atoms with van der Waals surface area (Å²) >= 11 is 1.30. The van der Waals surface area contributed by atoms with Crippen molar-refractivity contribution in [3.63, 3.8) is 0 Å². The van der Waals surface area contributed by atoms with Crippen LogP contribution in [0.25, 0.3) is 0 Å². The first-order chi connectivity index (χ1) is 7.63. The van der Waals surface area contributed by atoms with Gasteiger partial charge in [-0.3, -0.25) is 4.79 Å². The number of hydrogen-bond donors (Lipinski definition) is 0. The Morgan fingerprint density at radius 1 is 1.12 bits per heavy atom. The van der Waals surface area contributed by atoms with E-state index in [1.807, 2.05) is 27.7 Å². The Morgan fingerprint density at radius 2 is 1.56 bits per heavy atom. The molecule has 1 amide bonds. The molecule has 0 rings (SSSR count). The Labute approximate surface area is 105 Å². The summed E-state index contributed by atoms with van der Waals surface area (Å²) in [6.07, 6.45) is 3.27. The molecule has 0 atom stereocenters. The van der Waals surface area contributed by atoms with Gasteiger partial charge in [0, 0.05) is 14.1 Å². The first-order valence-electron chi connectivity index (χ1n) is 5.45. The van der Waals surface area contributed by atoms with Crippen molar-refractivity contribution in [3.8, 4) is 0 Å². The second-order valence-corrected chi connectivity index (χ2v) is 3.26. The average molecular weight is 243 g/mol. The highest BCUT2D eigenvalue weighted by molar-refractivity contribution is 8.06. The maximum absolute atomic E-state index is 11.4. The van der Waals surface area contributed by atoms with Crippen LogP contribution in [0.5, 0.6) is 0 Å². The molecule has 0 heterocycles. The smallest absolute Gasteiger partial charge is 0.260 e. The van der Waals surface area contributed by atoms with Gasteiger partial charge in [0.1, 0.15) is 0 Å². The molecule has 2 nitrogen and oxygen atoms in total. The number of likely N-dealkylation sites (N-methyl/N-ethyl adjacent to an activating group) is 1. The van der Waals surface area contributed by atoms with Crippen molar-refractivity contribution in [1.29, 1.82) is 0 Å². The molecule has 0 unspecified atom stereocenters. The van der Waals surface area contributed by atoms with E-state index < -0.39 is 0 Å². The molecule has 3 heteroatoms. The molecular formula is C13H25NOS. The number of carbonyl (C=O) groups is 1. The maximum Gasteiger partial charge on any atom is 0.260 e. The summed E-state index contributed by atoms with van der Waals surface area (Å²) in [5.74, 6) is -0.0280. The normalized spacial score (nSPS) is 8.75. The molecule has 0 aromatic rings. The summed E-state index contributed by atoms with van der Waals surface area (Å²) in [5.41, 5.74) is 0. The summed E-state index contributed by atoms with van der Waals surface area (Å²) < 4.78 is 0. The Bertz CT molecular complexity index is 220. The zero-order chi connectivity index (χ0) is 13.6. The monoisotopic (exact) mass is 243 g/mol. The van der Waals surface area contributed by atoms with E-state index in [4.69, 9.17) is 0 Å². The van der Waals surface area contributed by atoms with Crippen LogP contribution in [0.2, 0.25) is 0 Å². The van der Waals surface area contributed by atoms with Crippen LogP contribution < -0.4 is 0 Å². The number of amides is 1. The van der Waals surface area contributed by atoms with E-state index in [2.05, 4.69) is 13.2 Å². The second-order valence-electron chi connectivity index (χ2n) is 2.25. The van der Waals surface area contributed by atoms with Crippen LogP contribution in [0.15, 0.2) is 35.6 Å². The molecule has 0 aliphatic carbocycles. The number of hydrogen-bond acceptors (Lipinski definition) is 2. The van der Waals surface area contributed by atoms with E-state index in [9.17, 15) is 4.79 Å². The van der Waals surface area contributed by atoms with Gasteiger partial charge in [0.25, 0.3) is 5.91 Å². The van der Waals surface area contributed by atoms with Crippen molar-refractivity contribution in [2.24, 2.45) is 0 Å². The third-order valence-corrected chi connectivity index (χ3v) is 1.83. The topological polar surface area (TPSA) is 20.3 Å². The lowest BCUT2D eigenvalue weighted by atomic mass is 10.4. The number of allylic oxidation sites excluding steroid dienone is 2. The third kappa shape index (κ3) is 11.1. The summed E-state index contributed by atoms with van der Waals surface area (Å²) in [6, 6.07) is 0. The molecule has 0 aromatic heterocycles. The first kappa shape index (κ1) is 20.5. The van der Waals surface area contributed by atoms with E-state index in [0.717, 1.165) is 0 Å². The van der Waals surface area contributed by atoms with Crippen LogP contribution >= 0.6 is 11.8 Å². The average Bonchev–Trinajstić information content (AvgIpc) is 2.33. The maximum atomic E-state index is 11.4. The summed E-state index contributed by atoms with van der Waals surface area (Å²) in [4.78, 5) is 13.5. The fourth-order valence-electron chi connectivity index (χ4n) is 0.578. The van der Waals surface area contributed by atoms with Crippen LogP contribution in [-0.2, 0) is 4.79 Å². The van der Waals surface area contributed by atoms with Gasteiger partial charge in [-0.2, -0.15) is 0 Å². The molecule has 0 aliphatic rings. The first-order valence-corrected chi connectivity index (χ1v) is 6.33. The van der Waals surface area contributed by atoms with E-state index in [1.54, 1.807) is 31.7 Å². The lowest BCUT2D eigenvalue weighted by Crippen LogP contribution is -2.22. The minimum absolute atomic E-state index is 0.0280. The molecule has 0 spiro atoms. The molecule has 94 valence electrons. The van der Waals surface area contributed by atoms with Crippen molar-refractivity contribution in [3.05, 3.63) is 35.6 Å². The minimum atomic E-state index is -0.0280. The van der Waals surface area contributed by atoms with Crippen LogP contribution in [0.3, 0.4) is 0 Å². The predicted octanol–water partition coefficient (Wildman–Crippen LogP) is 4.07. The predicted molar refractivity (Wildman–Crippen MR) is 77.5 cm³/mol. The highest BCUT2D eigenvalue weighted by atomic mass is 32.2. The van der Waals surface area contributed by atoms with E-state index in [1.165, 1.54) is 16.7 Å². The molecule has 0 saturated heterocycles. The zero-order valence-corrected chi connectivity index (χ0v) is 12.2. The lowest BCUT2D eigenvalue weighted by molar-refractivity contribution is -0.123. The van der Waals surface area contributed by atoms with Gasteiger partial charge in [-0.25, -0.2) is 0 Å². The third-order valence-electron chi connectivity index (χ3n) is 1.10. The van der Waals surface area contributed by atoms with Crippen LogP contribution in [0.4, 0.5) is 0 Å². The van der Waals surface area contributed by atoms with Crippen molar-refractivity contribution in [2.75, 3.05) is 14.1 Å². The highest BCUT2D eigenvalue weighted by Gasteiger charge is 2.09. The molecular weight excluding hydrogens is 218 g/mol. The molecule has 0 bridgehead atoms. The van der Waals surface area contributed by atoms with Gasteiger partial charge < -0.3 is 4.90 Å². The summed E-state index contributed by atoms with van der Waals surface area (Å²) in [7, 11) is 3.42. The molecule has 16 heavy (non-hydrogen) atoms. The molecule has 0 radical (unpaired) electrons. The minimum Gasteiger partial charge on any atom is -0.344 e. The fourth-order valence-corrected chi connectivity index (χ4v) is 1.22. The van der Waals surface area contributed by atoms with Gasteiger partial charge in [0.2, 0.25) is 0 Å². The Kier molecular flexibility index (Phi) is 21.1. The molecule has 0 aliphatic heterocycles. The zero-order valence-electron chi connectivity index (χ0n) is 11.4. The van der Waals surface area contributed by atoms with Crippen molar-refractivity contribution >= 4 is 17.7 Å². The van der Waals surface area contributed by atoms with Crippen molar-refractivity contribution in [1.82, 2.24) is 4.90 Å². The van der Waals surface area contributed by atoms with Gasteiger partial charge >= 0.3 is 0 Å². The lowest BCUT2D eigenvalue weighted by Gasteiger charge is -2.10.